The number of hydrogen-bond acceptors (Lipinski definition) is 2. The van der Waals surface area contributed by atoms with Crippen LogP contribution >= 0.6 is 0 Å². The van der Waals surface area contributed by atoms with Crippen LogP contribution in [0.3, 0.4) is 0 Å². The van der Waals surface area contributed by atoms with E-state index in [1.54, 1.807) is 0 Å². The van der Waals surface area contributed by atoms with Gasteiger partial charge in [0.05, 0.1) is 6.10 Å². The molecule has 1 aromatic rings. The van der Waals surface area contributed by atoms with E-state index in [0.29, 0.717) is 12.1 Å². The van der Waals surface area contributed by atoms with Crippen molar-refractivity contribution in [1.29, 1.82) is 0 Å². The smallest absolute Gasteiger partial charge is 0.0570 e. The molecule has 0 spiro atoms. The van der Waals surface area contributed by atoms with Gasteiger partial charge in [0.25, 0.3) is 0 Å². The molecule has 2 heteroatoms. The molecule has 0 radical (unpaired) electrons. The van der Waals surface area contributed by atoms with Crippen LogP contribution in [0.2, 0.25) is 0 Å². The van der Waals surface area contributed by atoms with E-state index in [4.69, 9.17) is 0 Å². The minimum Gasteiger partial charge on any atom is -0.393 e. The fourth-order valence-electron chi connectivity index (χ4n) is 4.15. The molecule has 0 amide bonds. The Labute approximate surface area is 116 Å². The van der Waals surface area contributed by atoms with Gasteiger partial charge in [-0.05, 0) is 63.1 Å². The Hall–Kier alpha value is -0.860. The molecule has 2 aliphatic heterocycles. The first-order chi connectivity index (χ1) is 9.04. The quantitative estimate of drug-likeness (QED) is 0.882. The average molecular weight is 259 g/mol. The number of benzene rings is 1. The van der Waals surface area contributed by atoms with Gasteiger partial charge in [0.15, 0.2) is 0 Å². The number of aliphatic hydroxyl groups excluding tert-OH is 1. The third-order valence-corrected chi connectivity index (χ3v) is 5.04. The highest BCUT2D eigenvalue weighted by Gasteiger charge is 2.40. The Morgan fingerprint density at radius 3 is 2.11 bits per heavy atom. The third-order valence-electron chi connectivity index (χ3n) is 5.04. The van der Waals surface area contributed by atoms with Crippen molar-refractivity contribution in [2.24, 2.45) is 0 Å². The molecule has 0 aliphatic carbocycles. The molecule has 2 unspecified atom stereocenters. The molecular weight excluding hydrogens is 234 g/mol. The van der Waals surface area contributed by atoms with Gasteiger partial charge >= 0.3 is 0 Å². The van der Waals surface area contributed by atoms with Crippen LogP contribution in [0, 0.1) is 20.8 Å². The topological polar surface area (TPSA) is 23.5 Å². The zero-order valence-electron chi connectivity index (χ0n) is 12.3. The third kappa shape index (κ3) is 2.44. The van der Waals surface area contributed by atoms with Gasteiger partial charge in [-0.2, -0.15) is 0 Å². The van der Waals surface area contributed by atoms with Crippen molar-refractivity contribution in [3.05, 3.63) is 34.4 Å². The Kier molecular flexibility index (Phi) is 3.40. The lowest BCUT2D eigenvalue weighted by atomic mass is 9.95. The molecule has 2 saturated heterocycles. The van der Waals surface area contributed by atoms with Crippen molar-refractivity contribution in [1.82, 2.24) is 4.90 Å². The van der Waals surface area contributed by atoms with Crippen molar-refractivity contribution in [3.8, 4) is 0 Å². The number of fused-ring (bicyclic) bond motifs is 2. The summed E-state index contributed by atoms with van der Waals surface area (Å²) < 4.78 is 0. The molecule has 0 aromatic heterocycles. The summed E-state index contributed by atoms with van der Waals surface area (Å²) >= 11 is 0. The van der Waals surface area contributed by atoms with Crippen LogP contribution in [-0.4, -0.2) is 28.2 Å². The molecule has 2 nitrogen and oxygen atoms in total. The fraction of sp³-hybridized carbons (Fsp3) is 0.647. The van der Waals surface area contributed by atoms with E-state index in [9.17, 15) is 5.11 Å². The van der Waals surface area contributed by atoms with E-state index in [2.05, 4.69) is 37.8 Å². The number of piperidine rings is 1. The first-order valence-corrected chi connectivity index (χ1v) is 7.55. The van der Waals surface area contributed by atoms with E-state index < -0.39 is 0 Å². The Morgan fingerprint density at radius 1 is 1.05 bits per heavy atom. The highest BCUT2D eigenvalue weighted by atomic mass is 16.3. The summed E-state index contributed by atoms with van der Waals surface area (Å²) in [5.41, 5.74) is 5.70. The summed E-state index contributed by atoms with van der Waals surface area (Å²) in [6.45, 7) is 7.71. The van der Waals surface area contributed by atoms with Crippen molar-refractivity contribution in [2.45, 2.75) is 71.2 Å². The van der Waals surface area contributed by atoms with Crippen molar-refractivity contribution < 1.29 is 5.11 Å². The molecule has 2 aliphatic rings. The predicted octanol–water partition coefficient (Wildman–Crippen LogP) is 3.10. The second kappa shape index (κ2) is 4.92. The molecule has 2 fully saturated rings. The van der Waals surface area contributed by atoms with E-state index in [1.165, 1.54) is 35.1 Å². The van der Waals surface area contributed by atoms with E-state index in [0.717, 1.165) is 19.4 Å². The van der Waals surface area contributed by atoms with Crippen LogP contribution in [0.5, 0.6) is 0 Å². The van der Waals surface area contributed by atoms with Gasteiger partial charge in [0.1, 0.15) is 0 Å². The van der Waals surface area contributed by atoms with Gasteiger partial charge in [0, 0.05) is 18.6 Å². The monoisotopic (exact) mass is 259 g/mol. The summed E-state index contributed by atoms with van der Waals surface area (Å²) in [6, 6.07) is 5.80. The zero-order valence-corrected chi connectivity index (χ0v) is 12.3. The number of aliphatic hydroxyl groups is 1. The van der Waals surface area contributed by atoms with Gasteiger partial charge in [-0.3, -0.25) is 4.90 Å². The van der Waals surface area contributed by atoms with Gasteiger partial charge in [-0.15, -0.1) is 0 Å². The van der Waals surface area contributed by atoms with Crippen LogP contribution < -0.4 is 0 Å². The van der Waals surface area contributed by atoms with Crippen molar-refractivity contribution >= 4 is 0 Å². The molecule has 1 N–H and O–H groups in total. The first kappa shape index (κ1) is 13.1. The van der Waals surface area contributed by atoms with E-state index >= 15 is 0 Å². The maximum atomic E-state index is 9.89. The van der Waals surface area contributed by atoms with Gasteiger partial charge in [-0.1, -0.05) is 17.7 Å². The second-order valence-electron chi connectivity index (χ2n) is 6.56. The normalized spacial score (nSPS) is 30.8. The Bertz CT molecular complexity index is 445. The summed E-state index contributed by atoms with van der Waals surface area (Å²) in [6.07, 6.45) is 4.42. The lowest BCUT2D eigenvalue weighted by molar-refractivity contribution is 0.0308. The number of nitrogens with zero attached hydrogens (tertiary/aromatic N) is 1. The average Bonchev–Trinajstić information content (AvgIpc) is 2.55. The number of rotatable bonds is 2. The Morgan fingerprint density at radius 2 is 1.58 bits per heavy atom. The highest BCUT2D eigenvalue weighted by molar-refractivity contribution is 5.37. The van der Waals surface area contributed by atoms with Crippen molar-refractivity contribution in [3.63, 3.8) is 0 Å². The first-order valence-electron chi connectivity index (χ1n) is 7.55. The van der Waals surface area contributed by atoms with Crippen LogP contribution in [-0.2, 0) is 6.54 Å². The summed E-state index contributed by atoms with van der Waals surface area (Å²) in [5, 5.41) is 9.89. The maximum Gasteiger partial charge on any atom is 0.0570 e. The summed E-state index contributed by atoms with van der Waals surface area (Å²) in [5.74, 6) is 0. The van der Waals surface area contributed by atoms with E-state index in [1.807, 2.05) is 0 Å². The lowest BCUT2D eigenvalue weighted by Crippen LogP contribution is -2.44. The standard InChI is InChI=1S/C17H25NO/c1-11-6-12(2)17(13(3)7-11)10-18-14-4-5-15(18)9-16(19)8-14/h6-7,14-16,19H,4-5,8-10H2,1-3H3. The molecule has 1 aromatic carbocycles. The van der Waals surface area contributed by atoms with Crippen LogP contribution in [0.15, 0.2) is 12.1 Å². The van der Waals surface area contributed by atoms with Gasteiger partial charge in [0.2, 0.25) is 0 Å². The highest BCUT2D eigenvalue weighted by Crippen LogP contribution is 2.37. The molecule has 2 bridgehead atoms. The Balaban J connectivity index is 1.83. The van der Waals surface area contributed by atoms with Crippen LogP contribution in [0.4, 0.5) is 0 Å². The summed E-state index contributed by atoms with van der Waals surface area (Å²) in [4.78, 5) is 2.65. The number of hydrogen-bond donors (Lipinski definition) is 1. The van der Waals surface area contributed by atoms with Crippen LogP contribution in [0.25, 0.3) is 0 Å². The molecule has 0 saturated carbocycles. The fourth-order valence-corrected chi connectivity index (χ4v) is 4.15. The van der Waals surface area contributed by atoms with E-state index in [-0.39, 0.29) is 6.10 Å². The number of aryl methyl sites for hydroxylation is 3. The van der Waals surface area contributed by atoms with Crippen molar-refractivity contribution in [2.75, 3.05) is 0 Å². The predicted molar refractivity (Wildman–Crippen MR) is 78.2 cm³/mol. The summed E-state index contributed by atoms with van der Waals surface area (Å²) in [7, 11) is 0. The largest absolute Gasteiger partial charge is 0.393 e. The lowest BCUT2D eigenvalue weighted by Gasteiger charge is -2.37. The van der Waals surface area contributed by atoms with Crippen LogP contribution in [0.1, 0.15) is 47.9 Å². The molecule has 104 valence electrons. The molecular formula is C17H25NO. The van der Waals surface area contributed by atoms with Gasteiger partial charge < -0.3 is 5.11 Å². The zero-order chi connectivity index (χ0) is 13.6. The van der Waals surface area contributed by atoms with Gasteiger partial charge in [-0.25, -0.2) is 0 Å². The molecule has 3 rings (SSSR count). The minimum atomic E-state index is -0.0611. The minimum absolute atomic E-state index is 0.0611. The SMILES string of the molecule is Cc1cc(C)c(CN2C3CCC2CC(O)C3)c(C)c1. The molecule has 2 heterocycles. The molecule has 2 atom stereocenters. The second-order valence-corrected chi connectivity index (χ2v) is 6.56. The molecule has 19 heavy (non-hydrogen) atoms. The maximum absolute atomic E-state index is 9.89.